The van der Waals surface area contributed by atoms with Gasteiger partial charge in [-0.15, -0.1) is 0 Å². The van der Waals surface area contributed by atoms with Crippen LogP contribution in [-0.2, 0) is 4.74 Å². The molecule has 0 bridgehead atoms. The Bertz CT molecular complexity index is 349. The quantitative estimate of drug-likeness (QED) is 0.845. The highest BCUT2D eigenvalue weighted by molar-refractivity contribution is 5.09. The van der Waals surface area contributed by atoms with E-state index in [1.54, 1.807) is 6.07 Å². The van der Waals surface area contributed by atoms with E-state index in [-0.39, 0.29) is 11.9 Å². The maximum Gasteiger partial charge on any atom is 0.141 e. The molecule has 4 heteroatoms. The molecule has 0 aromatic carbocycles. The van der Waals surface area contributed by atoms with E-state index in [9.17, 15) is 4.39 Å². The van der Waals surface area contributed by atoms with Gasteiger partial charge in [-0.1, -0.05) is 0 Å². The minimum atomic E-state index is -0.284. The van der Waals surface area contributed by atoms with Gasteiger partial charge in [-0.05, 0) is 51.3 Å². The third-order valence-corrected chi connectivity index (χ3v) is 3.50. The van der Waals surface area contributed by atoms with Gasteiger partial charge in [0, 0.05) is 12.6 Å². The minimum absolute atomic E-state index is 0.201. The van der Waals surface area contributed by atoms with E-state index in [1.165, 1.54) is 25.1 Å². The van der Waals surface area contributed by atoms with Gasteiger partial charge < -0.3 is 10.1 Å². The van der Waals surface area contributed by atoms with Crippen molar-refractivity contribution in [2.24, 2.45) is 0 Å². The number of pyridine rings is 1. The van der Waals surface area contributed by atoms with Gasteiger partial charge in [0.1, 0.15) is 5.82 Å². The third kappa shape index (κ3) is 3.75. The highest BCUT2D eigenvalue weighted by atomic mass is 19.1. The maximum absolute atomic E-state index is 12.8. The van der Waals surface area contributed by atoms with E-state index in [4.69, 9.17) is 4.74 Å². The van der Waals surface area contributed by atoms with Gasteiger partial charge in [-0.2, -0.15) is 0 Å². The lowest BCUT2D eigenvalue weighted by Crippen LogP contribution is -2.18. The predicted molar refractivity (Wildman–Crippen MR) is 68.8 cm³/mol. The Kier molecular flexibility index (Phi) is 5.08. The first-order valence-corrected chi connectivity index (χ1v) is 6.70. The number of nitrogens with one attached hydrogen (secondary N) is 1. The Morgan fingerprint density at radius 1 is 1.56 bits per heavy atom. The lowest BCUT2D eigenvalue weighted by atomic mass is 10.0. The molecule has 2 rings (SSSR count). The molecule has 1 aliphatic rings. The topological polar surface area (TPSA) is 34.1 Å². The minimum Gasteiger partial charge on any atom is -0.378 e. The summed E-state index contributed by atoms with van der Waals surface area (Å²) in [6, 6.07) is 3.42. The Hall–Kier alpha value is -1.00. The molecule has 1 N–H and O–H groups in total. The van der Waals surface area contributed by atoms with E-state index in [1.807, 2.05) is 7.05 Å². The summed E-state index contributed by atoms with van der Waals surface area (Å²) in [6.07, 6.45) is 7.34. The van der Waals surface area contributed by atoms with Crippen LogP contribution in [0.4, 0.5) is 4.39 Å². The van der Waals surface area contributed by atoms with Gasteiger partial charge in [-0.25, -0.2) is 4.39 Å². The van der Waals surface area contributed by atoms with Crippen molar-refractivity contribution in [2.45, 2.75) is 44.2 Å². The van der Waals surface area contributed by atoms with Crippen molar-refractivity contribution in [3.63, 3.8) is 0 Å². The van der Waals surface area contributed by atoms with Crippen LogP contribution in [0, 0.1) is 5.82 Å². The SMILES string of the molecule is CNC(CCCC1CCCO1)c1ccc(F)cn1. The summed E-state index contributed by atoms with van der Waals surface area (Å²) in [4.78, 5) is 4.13. The Balaban J connectivity index is 1.79. The number of hydrogen-bond acceptors (Lipinski definition) is 3. The number of nitrogens with zero attached hydrogens (tertiary/aromatic N) is 1. The average molecular weight is 252 g/mol. The average Bonchev–Trinajstić information content (AvgIpc) is 2.89. The summed E-state index contributed by atoms with van der Waals surface area (Å²) in [6.45, 7) is 0.916. The van der Waals surface area contributed by atoms with Crippen molar-refractivity contribution < 1.29 is 9.13 Å². The molecule has 1 fully saturated rings. The zero-order valence-electron chi connectivity index (χ0n) is 10.9. The van der Waals surface area contributed by atoms with Gasteiger partial charge >= 0.3 is 0 Å². The Morgan fingerprint density at radius 2 is 2.44 bits per heavy atom. The number of aromatic nitrogens is 1. The molecule has 0 radical (unpaired) electrons. The molecule has 2 heterocycles. The second kappa shape index (κ2) is 6.81. The molecule has 0 saturated carbocycles. The Labute approximate surface area is 108 Å². The summed E-state index contributed by atoms with van der Waals surface area (Å²) < 4.78 is 18.4. The fraction of sp³-hybridized carbons (Fsp3) is 0.643. The van der Waals surface area contributed by atoms with Crippen LogP contribution < -0.4 is 5.32 Å². The molecule has 0 spiro atoms. The van der Waals surface area contributed by atoms with Crippen LogP contribution in [0.2, 0.25) is 0 Å². The smallest absolute Gasteiger partial charge is 0.141 e. The van der Waals surface area contributed by atoms with Crippen molar-refractivity contribution in [2.75, 3.05) is 13.7 Å². The fourth-order valence-corrected chi connectivity index (χ4v) is 2.46. The molecule has 1 aromatic heterocycles. The summed E-state index contributed by atoms with van der Waals surface area (Å²) in [5.74, 6) is -0.284. The van der Waals surface area contributed by atoms with E-state index >= 15 is 0 Å². The molecule has 2 unspecified atom stereocenters. The first-order chi connectivity index (χ1) is 8.79. The summed E-state index contributed by atoms with van der Waals surface area (Å²) >= 11 is 0. The fourth-order valence-electron chi connectivity index (χ4n) is 2.46. The first kappa shape index (κ1) is 13.4. The van der Waals surface area contributed by atoms with Crippen LogP contribution in [0.1, 0.15) is 43.8 Å². The van der Waals surface area contributed by atoms with Crippen LogP contribution in [0.25, 0.3) is 0 Å². The van der Waals surface area contributed by atoms with Gasteiger partial charge in [0.2, 0.25) is 0 Å². The van der Waals surface area contributed by atoms with Crippen LogP contribution in [-0.4, -0.2) is 24.7 Å². The zero-order chi connectivity index (χ0) is 12.8. The largest absolute Gasteiger partial charge is 0.378 e. The predicted octanol–water partition coefficient (Wildman–Crippen LogP) is 2.83. The number of ether oxygens (including phenoxy) is 1. The second-order valence-corrected chi connectivity index (χ2v) is 4.81. The molecule has 18 heavy (non-hydrogen) atoms. The van der Waals surface area contributed by atoms with Gasteiger partial charge in [-0.3, -0.25) is 4.98 Å². The maximum atomic E-state index is 12.8. The highest BCUT2D eigenvalue weighted by Gasteiger charge is 2.16. The van der Waals surface area contributed by atoms with E-state index in [0.717, 1.165) is 31.6 Å². The van der Waals surface area contributed by atoms with Gasteiger partial charge in [0.25, 0.3) is 0 Å². The monoisotopic (exact) mass is 252 g/mol. The van der Waals surface area contributed by atoms with Gasteiger partial charge in [0.05, 0.1) is 18.0 Å². The zero-order valence-corrected chi connectivity index (χ0v) is 10.9. The highest BCUT2D eigenvalue weighted by Crippen LogP contribution is 2.22. The standard InChI is InChI=1S/C14H21FN2O/c1-16-13(14-8-7-11(15)10-17-14)6-2-4-12-5-3-9-18-12/h7-8,10,12-13,16H,2-6,9H2,1H3. The molecular weight excluding hydrogens is 231 g/mol. The van der Waals surface area contributed by atoms with Crippen LogP contribution >= 0.6 is 0 Å². The molecule has 2 atom stereocenters. The lowest BCUT2D eigenvalue weighted by molar-refractivity contribution is 0.101. The molecule has 1 aromatic rings. The summed E-state index contributed by atoms with van der Waals surface area (Å²) in [5, 5.41) is 3.24. The van der Waals surface area contributed by atoms with Gasteiger partial charge in [0.15, 0.2) is 0 Å². The number of rotatable bonds is 6. The normalized spacial score (nSPS) is 21.1. The molecule has 100 valence electrons. The molecule has 1 aliphatic heterocycles. The van der Waals surface area contributed by atoms with Crippen molar-refractivity contribution in [1.82, 2.24) is 10.3 Å². The summed E-state index contributed by atoms with van der Waals surface area (Å²) in [7, 11) is 1.92. The summed E-state index contributed by atoms with van der Waals surface area (Å²) in [5.41, 5.74) is 0.909. The lowest BCUT2D eigenvalue weighted by Gasteiger charge is -2.16. The molecule has 0 aliphatic carbocycles. The van der Waals surface area contributed by atoms with Crippen molar-refractivity contribution >= 4 is 0 Å². The molecule has 1 saturated heterocycles. The number of hydrogen-bond donors (Lipinski definition) is 1. The van der Waals surface area contributed by atoms with E-state index in [2.05, 4.69) is 10.3 Å². The van der Waals surface area contributed by atoms with Crippen molar-refractivity contribution in [1.29, 1.82) is 0 Å². The molecule has 0 amide bonds. The van der Waals surface area contributed by atoms with E-state index in [0.29, 0.717) is 6.10 Å². The van der Waals surface area contributed by atoms with Crippen LogP contribution in [0.5, 0.6) is 0 Å². The van der Waals surface area contributed by atoms with Crippen LogP contribution in [0.15, 0.2) is 18.3 Å². The first-order valence-electron chi connectivity index (χ1n) is 6.70. The van der Waals surface area contributed by atoms with Crippen molar-refractivity contribution in [3.05, 3.63) is 29.8 Å². The third-order valence-electron chi connectivity index (χ3n) is 3.50. The van der Waals surface area contributed by atoms with Crippen LogP contribution in [0.3, 0.4) is 0 Å². The van der Waals surface area contributed by atoms with E-state index < -0.39 is 0 Å². The van der Waals surface area contributed by atoms with Crippen molar-refractivity contribution in [3.8, 4) is 0 Å². The molecular formula is C14H21FN2O. The number of halogens is 1. The Morgan fingerprint density at radius 3 is 3.06 bits per heavy atom. The molecule has 3 nitrogen and oxygen atoms in total. The second-order valence-electron chi connectivity index (χ2n) is 4.81.